The fourth-order valence-corrected chi connectivity index (χ4v) is 2.97. The Bertz CT molecular complexity index is 743. The van der Waals surface area contributed by atoms with Crippen LogP contribution < -0.4 is 0 Å². The van der Waals surface area contributed by atoms with Crippen LogP contribution in [-0.4, -0.2) is 12.4 Å². The van der Waals surface area contributed by atoms with Crippen molar-refractivity contribution < 1.29 is 30.7 Å². The van der Waals surface area contributed by atoms with Crippen molar-refractivity contribution in [2.24, 2.45) is 0 Å². The van der Waals surface area contributed by atoms with E-state index in [1.54, 1.807) is 0 Å². The molecule has 0 nitrogen and oxygen atoms in total. The summed E-state index contributed by atoms with van der Waals surface area (Å²) in [7, 11) is 0. The van der Waals surface area contributed by atoms with Crippen LogP contribution in [0.3, 0.4) is 0 Å². The van der Waals surface area contributed by atoms with Crippen molar-refractivity contribution in [3.63, 3.8) is 0 Å². The minimum Gasteiger partial charge on any atom is -0.207 e. The predicted octanol–water partition coefficient (Wildman–Crippen LogP) is 7.06. The molecule has 0 spiro atoms. The molecule has 0 heterocycles. The third-order valence-electron chi connectivity index (χ3n) is 3.77. The third-order valence-corrected chi connectivity index (χ3v) is 4.43. The third kappa shape index (κ3) is 3.62. The largest absolute Gasteiger partial charge is 0.411 e. The molecule has 2 aromatic rings. The fourth-order valence-electron chi connectivity index (χ4n) is 2.59. The van der Waals surface area contributed by atoms with Crippen LogP contribution >= 0.6 is 34.8 Å². The maximum absolute atomic E-state index is 13.8. The summed E-state index contributed by atoms with van der Waals surface area (Å²) in [6.45, 7) is 0. The van der Waals surface area contributed by atoms with Gasteiger partial charge in [0.25, 0.3) is 0 Å². The molecule has 0 aliphatic heterocycles. The van der Waals surface area contributed by atoms with E-state index >= 15 is 0 Å². The van der Waals surface area contributed by atoms with Gasteiger partial charge >= 0.3 is 12.4 Å². The van der Waals surface area contributed by atoms with E-state index in [4.69, 9.17) is 34.8 Å². The van der Waals surface area contributed by atoms with Gasteiger partial charge in [0.1, 0.15) is 5.82 Å². The Hall–Kier alpha value is -1.18. The summed E-state index contributed by atoms with van der Waals surface area (Å²) in [5.74, 6) is -0.974. The van der Waals surface area contributed by atoms with Crippen LogP contribution in [0.2, 0.25) is 0 Å². The summed E-state index contributed by atoms with van der Waals surface area (Å²) in [4.78, 5) is 0. The standard InChI is InChI=1S/C16H8Cl3F7/c17-14(18,19)11-3-1-9(2-4-11)13(15(21,22)23,16(24,25)26)10-5-7-12(20)8-6-10/h1-8H. The van der Waals surface area contributed by atoms with Crippen molar-refractivity contribution >= 4 is 34.8 Å². The molecule has 10 heteroatoms. The molecule has 0 unspecified atom stereocenters. The van der Waals surface area contributed by atoms with E-state index in [-0.39, 0.29) is 5.56 Å². The number of alkyl halides is 9. The Labute approximate surface area is 158 Å². The molecule has 0 saturated carbocycles. The first kappa shape index (κ1) is 21.1. The van der Waals surface area contributed by atoms with Crippen molar-refractivity contribution in [3.05, 3.63) is 71.0 Å². The zero-order chi connectivity index (χ0) is 20.0. The van der Waals surface area contributed by atoms with Gasteiger partial charge in [-0.2, -0.15) is 26.3 Å². The van der Waals surface area contributed by atoms with Crippen LogP contribution in [0.5, 0.6) is 0 Å². The normalized spacial score (nSPS) is 13.8. The highest BCUT2D eigenvalue weighted by Gasteiger charge is 2.72. The second-order valence-electron chi connectivity index (χ2n) is 5.33. The van der Waals surface area contributed by atoms with Gasteiger partial charge in [0.15, 0.2) is 0 Å². The average molecular weight is 440 g/mol. The quantitative estimate of drug-likeness (QED) is 0.347. The molecular formula is C16H8Cl3F7. The molecule has 0 aliphatic rings. The van der Waals surface area contributed by atoms with Gasteiger partial charge in [-0.25, -0.2) is 4.39 Å². The lowest BCUT2D eigenvalue weighted by Gasteiger charge is -2.38. The first-order valence-electron chi connectivity index (χ1n) is 6.78. The molecule has 0 N–H and O–H groups in total. The van der Waals surface area contributed by atoms with E-state index in [9.17, 15) is 30.7 Å². The van der Waals surface area contributed by atoms with E-state index < -0.39 is 38.5 Å². The number of benzene rings is 2. The molecule has 2 aromatic carbocycles. The minimum absolute atomic E-state index is 0.108. The van der Waals surface area contributed by atoms with Gasteiger partial charge < -0.3 is 0 Å². The molecular weight excluding hydrogens is 432 g/mol. The monoisotopic (exact) mass is 438 g/mol. The van der Waals surface area contributed by atoms with E-state index in [0.717, 1.165) is 12.1 Å². The number of hydrogen-bond donors (Lipinski definition) is 0. The van der Waals surface area contributed by atoms with E-state index in [1.165, 1.54) is 0 Å². The lowest BCUT2D eigenvalue weighted by atomic mass is 9.73. The van der Waals surface area contributed by atoms with Crippen molar-refractivity contribution in [1.29, 1.82) is 0 Å². The molecule has 0 aliphatic carbocycles. The molecule has 142 valence electrons. The van der Waals surface area contributed by atoms with Crippen LogP contribution in [0.1, 0.15) is 16.7 Å². The van der Waals surface area contributed by atoms with Crippen LogP contribution in [0.15, 0.2) is 48.5 Å². The topological polar surface area (TPSA) is 0 Å². The van der Waals surface area contributed by atoms with Gasteiger partial charge in [-0.3, -0.25) is 0 Å². The first-order chi connectivity index (χ1) is 11.7. The Morgan fingerprint density at radius 2 is 0.846 bits per heavy atom. The highest BCUT2D eigenvalue weighted by Crippen LogP contribution is 2.56. The van der Waals surface area contributed by atoms with Gasteiger partial charge in [-0.05, 0) is 23.3 Å². The highest BCUT2D eigenvalue weighted by atomic mass is 35.6. The van der Waals surface area contributed by atoms with Gasteiger partial charge in [-0.15, -0.1) is 0 Å². The SMILES string of the molecule is Fc1ccc(C(c2ccc(C(Cl)(Cl)Cl)cc2)(C(F)(F)F)C(F)(F)F)cc1. The van der Waals surface area contributed by atoms with Crippen molar-refractivity contribution in [2.75, 3.05) is 0 Å². The second kappa shape index (κ2) is 6.77. The van der Waals surface area contributed by atoms with Crippen molar-refractivity contribution in [2.45, 2.75) is 21.6 Å². The van der Waals surface area contributed by atoms with E-state index in [0.29, 0.717) is 36.4 Å². The predicted molar refractivity (Wildman–Crippen MR) is 85.0 cm³/mol. The molecule has 0 radical (unpaired) electrons. The number of rotatable bonds is 2. The van der Waals surface area contributed by atoms with Gasteiger partial charge in [0, 0.05) is 5.56 Å². The molecule has 2 rings (SSSR count). The van der Waals surface area contributed by atoms with Crippen LogP contribution in [0.25, 0.3) is 0 Å². The second-order valence-corrected chi connectivity index (χ2v) is 7.61. The Morgan fingerprint density at radius 3 is 1.15 bits per heavy atom. The van der Waals surface area contributed by atoms with Crippen molar-refractivity contribution in [1.82, 2.24) is 0 Å². The highest BCUT2D eigenvalue weighted by molar-refractivity contribution is 6.66. The van der Waals surface area contributed by atoms with E-state index in [1.807, 2.05) is 0 Å². The summed E-state index contributed by atoms with van der Waals surface area (Å²) >= 11 is 16.8. The summed E-state index contributed by atoms with van der Waals surface area (Å²) < 4.78 is 93.7. The number of halogens is 10. The van der Waals surface area contributed by atoms with Crippen LogP contribution in [-0.2, 0) is 9.21 Å². The molecule has 0 aromatic heterocycles. The number of hydrogen-bond acceptors (Lipinski definition) is 0. The minimum atomic E-state index is -5.77. The molecule has 0 saturated heterocycles. The Kier molecular flexibility index (Phi) is 5.50. The van der Waals surface area contributed by atoms with E-state index in [2.05, 4.69) is 0 Å². The molecule has 0 amide bonds. The summed E-state index contributed by atoms with van der Waals surface area (Å²) in [6, 6.07) is 4.83. The summed E-state index contributed by atoms with van der Waals surface area (Å²) in [5.41, 5.74) is -6.80. The zero-order valence-electron chi connectivity index (χ0n) is 12.4. The summed E-state index contributed by atoms with van der Waals surface area (Å²) in [5, 5.41) is 0. The lowest BCUT2D eigenvalue weighted by Crippen LogP contribution is -2.54. The zero-order valence-corrected chi connectivity index (χ0v) is 14.7. The fraction of sp³-hybridized carbons (Fsp3) is 0.250. The maximum Gasteiger partial charge on any atom is 0.411 e. The first-order valence-corrected chi connectivity index (χ1v) is 7.92. The van der Waals surface area contributed by atoms with Gasteiger partial charge in [0.2, 0.25) is 9.21 Å². The maximum atomic E-state index is 13.8. The average Bonchev–Trinajstić information content (AvgIpc) is 2.46. The molecule has 0 fully saturated rings. The van der Waals surface area contributed by atoms with Gasteiger partial charge in [-0.1, -0.05) is 71.2 Å². The molecule has 0 atom stereocenters. The molecule has 26 heavy (non-hydrogen) atoms. The van der Waals surface area contributed by atoms with Crippen LogP contribution in [0.4, 0.5) is 30.7 Å². The smallest absolute Gasteiger partial charge is 0.207 e. The lowest BCUT2D eigenvalue weighted by molar-refractivity contribution is -0.288. The summed E-state index contributed by atoms with van der Waals surface area (Å²) in [6.07, 6.45) is -11.5. The van der Waals surface area contributed by atoms with Gasteiger partial charge in [0.05, 0.1) is 0 Å². The van der Waals surface area contributed by atoms with Crippen molar-refractivity contribution in [3.8, 4) is 0 Å². The molecule has 0 bridgehead atoms. The van der Waals surface area contributed by atoms with Crippen LogP contribution in [0, 0.1) is 5.82 Å². The Balaban J connectivity index is 2.81. The Morgan fingerprint density at radius 1 is 0.538 bits per heavy atom.